The summed E-state index contributed by atoms with van der Waals surface area (Å²) in [6, 6.07) is 4.42. The van der Waals surface area contributed by atoms with E-state index in [0.717, 1.165) is 31.9 Å². The zero-order chi connectivity index (χ0) is 10.9. The van der Waals surface area contributed by atoms with E-state index in [2.05, 4.69) is 5.32 Å². The Morgan fingerprint density at radius 2 is 2.20 bits per heavy atom. The summed E-state index contributed by atoms with van der Waals surface area (Å²) in [7, 11) is 0. The molecule has 3 heteroatoms. The molecule has 1 atom stereocenters. The van der Waals surface area contributed by atoms with Crippen molar-refractivity contribution >= 4 is 0 Å². The molecule has 1 fully saturated rings. The van der Waals surface area contributed by atoms with Crippen molar-refractivity contribution in [1.82, 2.24) is 5.32 Å². The predicted octanol–water partition coefficient (Wildman–Crippen LogP) is 2.95. The van der Waals surface area contributed by atoms with Crippen LogP contribution in [0.4, 0.5) is 8.78 Å². The molecule has 1 saturated heterocycles. The summed E-state index contributed by atoms with van der Waals surface area (Å²) in [5.41, 5.74) is 0.120. The first-order chi connectivity index (χ1) is 7.19. The molecule has 0 aromatic heterocycles. The molecule has 1 nitrogen and oxygen atoms in total. The van der Waals surface area contributed by atoms with Gasteiger partial charge < -0.3 is 5.32 Å². The molecule has 1 aromatic rings. The Morgan fingerprint density at radius 1 is 1.40 bits per heavy atom. The summed E-state index contributed by atoms with van der Waals surface area (Å²) in [5, 5.41) is 3.30. The zero-order valence-electron chi connectivity index (χ0n) is 8.82. The van der Waals surface area contributed by atoms with E-state index in [1.54, 1.807) is 12.1 Å². The summed E-state index contributed by atoms with van der Waals surface area (Å²) >= 11 is 0. The van der Waals surface area contributed by atoms with Gasteiger partial charge >= 0.3 is 0 Å². The zero-order valence-corrected chi connectivity index (χ0v) is 8.82. The number of nitrogens with one attached hydrogen (secondary N) is 1. The Kier molecular flexibility index (Phi) is 2.74. The standard InChI is InChI=1S/C12H15F2N/c1-2-12(7-4-8-15-12)9-5-3-6-10(13)11(9)14/h3,5-6,15H,2,4,7-8H2,1H3. The Hall–Kier alpha value is -0.960. The highest BCUT2D eigenvalue weighted by molar-refractivity contribution is 5.28. The fourth-order valence-corrected chi connectivity index (χ4v) is 2.40. The molecule has 82 valence electrons. The fraction of sp³-hybridized carbons (Fsp3) is 0.500. The van der Waals surface area contributed by atoms with Gasteiger partial charge in [-0.15, -0.1) is 0 Å². The van der Waals surface area contributed by atoms with Crippen LogP contribution in [0.15, 0.2) is 18.2 Å². The van der Waals surface area contributed by atoms with Gasteiger partial charge in [0, 0.05) is 11.1 Å². The molecule has 0 bridgehead atoms. The third-order valence-electron chi connectivity index (χ3n) is 3.31. The lowest BCUT2D eigenvalue weighted by Gasteiger charge is -2.29. The highest BCUT2D eigenvalue weighted by Gasteiger charge is 2.36. The second kappa shape index (κ2) is 3.89. The van der Waals surface area contributed by atoms with Crippen LogP contribution in [0.5, 0.6) is 0 Å². The van der Waals surface area contributed by atoms with Crippen molar-refractivity contribution in [3.63, 3.8) is 0 Å². The van der Waals surface area contributed by atoms with Crippen LogP contribution in [0.3, 0.4) is 0 Å². The average molecular weight is 211 g/mol. The lowest BCUT2D eigenvalue weighted by Crippen LogP contribution is -2.37. The average Bonchev–Trinajstić information content (AvgIpc) is 2.72. The maximum absolute atomic E-state index is 13.7. The van der Waals surface area contributed by atoms with E-state index in [1.807, 2.05) is 6.92 Å². The van der Waals surface area contributed by atoms with Crippen LogP contribution in [0.1, 0.15) is 31.7 Å². The fourth-order valence-electron chi connectivity index (χ4n) is 2.40. The number of hydrogen-bond donors (Lipinski definition) is 1. The van der Waals surface area contributed by atoms with Crippen molar-refractivity contribution < 1.29 is 8.78 Å². The van der Waals surface area contributed by atoms with Crippen molar-refractivity contribution in [2.75, 3.05) is 6.54 Å². The van der Waals surface area contributed by atoms with Gasteiger partial charge in [0.05, 0.1) is 0 Å². The Balaban J connectivity index is 2.47. The summed E-state index contributed by atoms with van der Waals surface area (Å²) in [4.78, 5) is 0. The van der Waals surface area contributed by atoms with Crippen LogP contribution < -0.4 is 5.32 Å². The summed E-state index contributed by atoms with van der Waals surface area (Å²) in [6.07, 6.45) is 2.68. The first-order valence-electron chi connectivity index (χ1n) is 5.39. The van der Waals surface area contributed by atoms with Crippen molar-refractivity contribution in [1.29, 1.82) is 0 Å². The molecule has 0 spiro atoms. The topological polar surface area (TPSA) is 12.0 Å². The lowest BCUT2D eigenvalue weighted by atomic mass is 9.85. The molecule has 1 heterocycles. The van der Waals surface area contributed by atoms with E-state index in [0.29, 0.717) is 5.56 Å². The van der Waals surface area contributed by atoms with E-state index in [-0.39, 0.29) is 5.54 Å². The molecule has 0 saturated carbocycles. The van der Waals surface area contributed by atoms with Crippen molar-refractivity contribution in [3.8, 4) is 0 Å². The number of rotatable bonds is 2. The van der Waals surface area contributed by atoms with Gasteiger partial charge in [-0.3, -0.25) is 0 Å². The largest absolute Gasteiger partial charge is 0.307 e. The first-order valence-corrected chi connectivity index (χ1v) is 5.39. The van der Waals surface area contributed by atoms with Crippen molar-refractivity contribution in [2.24, 2.45) is 0 Å². The molecule has 0 aliphatic carbocycles. The molecule has 2 rings (SSSR count). The number of benzene rings is 1. The molecular formula is C12H15F2N. The third kappa shape index (κ3) is 1.65. The predicted molar refractivity (Wildman–Crippen MR) is 55.6 cm³/mol. The Morgan fingerprint density at radius 3 is 2.80 bits per heavy atom. The number of halogens is 2. The van der Waals surface area contributed by atoms with Crippen LogP contribution >= 0.6 is 0 Å². The second-order valence-electron chi connectivity index (χ2n) is 4.07. The minimum atomic E-state index is -0.756. The van der Waals surface area contributed by atoms with E-state index in [1.165, 1.54) is 0 Å². The molecule has 1 aliphatic rings. The van der Waals surface area contributed by atoms with E-state index >= 15 is 0 Å². The van der Waals surface area contributed by atoms with Gasteiger partial charge in [-0.25, -0.2) is 8.78 Å². The van der Waals surface area contributed by atoms with Crippen LogP contribution in [0, 0.1) is 11.6 Å². The maximum Gasteiger partial charge on any atom is 0.163 e. The van der Waals surface area contributed by atoms with Gasteiger partial charge in [0.2, 0.25) is 0 Å². The molecule has 1 aromatic carbocycles. The Bertz CT molecular complexity index is 357. The molecular weight excluding hydrogens is 196 g/mol. The molecule has 0 amide bonds. The van der Waals surface area contributed by atoms with E-state index in [4.69, 9.17) is 0 Å². The summed E-state index contributed by atoms with van der Waals surface area (Å²) in [5.74, 6) is -1.46. The lowest BCUT2D eigenvalue weighted by molar-refractivity contribution is 0.350. The van der Waals surface area contributed by atoms with Crippen LogP contribution in [-0.4, -0.2) is 6.54 Å². The minimum absolute atomic E-state index is 0.355. The maximum atomic E-state index is 13.7. The number of hydrogen-bond acceptors (Lipinski definition) is 1. The Labute approximate surface area is 88.5 Å². The van der Waals surface area contributed by atoms with E-state index in [9.17, 15) is 8.78 Å². The highest BCUT2D eigenvalue weighted by Crippen LogP contribution is 2.35. The van der Waals surface area contributed by atoms with Gasteiger partial charge in [0.15, 0.2) is 11.6 Å². The van der Waals surface area contributed by atoms with Gasteiger partial charge in [-0.1, -0.05) is 19.1 Å². The highest BCUT2D eigenvalue weighted by atomic mass is 19.2. The smallest absolute Gasteiger partial charge is 0.163 e. The van der Waals surface area contributed by atoms with Gasteiger partial charge in [-0.05, 0) is 31.9 Å². The van der Waals surface area contributed by atoms with Crippen molar-refractivity contribution in [3.05, 3.63) is 35.4 Å². The second-order valence-corrected chi connectivity index (χ2v) is 4.07. The quantitative estimate of drug-likeness (QED) is 0.793. The van der Waals surface area contributed by atoms with Crippen LogP contribution in [-0.2, 0) is 5.54 Å². The molecule has 1 N–H and O–H groups in total. The van der Waals surface area contributed by atoms with Crippen LogP contribution in [0.25, 0.3) is 0 Å². The van der Waals surface area contributed by atoms with E-state index < -0.39 is 11.6 Å². The van der Waals surface area contributed by atoms with Crippen molar-refractivity contribution in [2.45, 2.75) is 31.7 Å². The third-order valence-corrected chi connectivity index (χ3v) is 3.31. The molecule has 0 radical (unpaired) electrons. The molecule has 15 heavy (non-hydrogen) atoms. The SMILES string of the molecule is CCC1(c2cccc(F)c2F)CCCN1. The minimum Gasteiger partial charge on any atom is -0.307 e. The van der Waals surface area contributed by atoms with Gasteiger partial charge in [-0.2, -0.15) is 0 Å². The normalized spacial score (nSPS) is 25.8. The first kappa shape index (κ1) is 10.6. The van der Waals surface area contributed by atoms with Gasteiger partial charge in [0.25, 0.3) is 0 Å². The van der Waals surface area contributed by atoms with Crippen LogP contribution in [0.2, 0.25) is 0 Å². The monoisotopic (exact) mass is 211 g/mol. The summed E-state index contributed by atoms with van der Waals surface area (Å²) < 4.78 is 26.8. The molecule has 1 aliphatic heterocycles. The molecule has 1 unspecified atom stereocenters. The van der Waals surface area contributed by atoms with Gasteiger partial charge in [0.1, 0.15) is 0 Å². The summed E-state index contributed by atoms with van der Waals surface area (Å²) in [6.45, 7) is 2.88.